The summed E-state index contributed by atoms with van der Waals surface area (Å²) in [5.74, 6) is 0.518. The molecular formula is C19H18F2N2O3S. The first-order valence-corrected chi connectivity index (χ1v) is 9.65. The summed E-state index contributed by atoms with van der Waals surface area (Å²) in [5, 5.41) is 0.682. The summed E-state index contributed by atoms with van der Waals surface area (Å²) in [4.78, 5) is 22.1. The minimum Gasteiger partial charge on any atom is -0.490 e. The molecule has 1 aromatic carbocycles. The highest BCUT2D eigenvalue weighted by Crippen LogP contribution is 2.36. The second-order valence-electron chi connectivity index (χ2n) is 6.28. The Bertz CT molecular complexity index is 1050. The van der Waals surface area contributed by atoms with E-state index in [2.05, 4.69) is 14.7 Å². The Hall–Kier alpha value is -2.48. The number of thiophene rings is 1. The van der Waals surface area contributed by atoms with E-state index in [-0.39, 0.29) is 17.1 Å². The second-order valence-corrected chi connectivity index (χ2v) is 7.36. The third-order valence-electron chi connectivity index (χ3n) is 4.56. The summed E-state index contributed by atoms with van der Waals surface area (Å²) in [6, 6.07) is 4.53. The lowest BCUT2D eigenvalue weighted by atomic mass is 9.97. The molecule has 3 aromatic rings. The Balaban J connectivity index is 1.80. The van der Waals surface area contributed by atoms with Gasteiger partial charge in [-0.25, -0.2) is 4.98 Å². The molecule has 2 aromatic heterocycles. The fourth-order valence-electron chi connectivity index (χ4n) is 3.42. The maximum atomic E-state index is 12.7. The van der Waals surface area contributed by atoms with E-state index < -0.39 is 6.61 Å². The van der Waals surface area contributed by atoms with Gasteiger partial charge in [0.25, 0.3) is 5.56 Å². The average molecular weight is 392 g/mol. The van der Waals surface area contributed by atoms with Gasteiger partial charge in [0, 0.05) is 10.4 Å². The molecule has 0 saturated heterocycles. The van der Waals surface area contributed by atoms with Crippen LogP contribution in [-0.4, -0.2) is 23.2 Å². The van der Waals surface area contributed by atoms with Crippen molar-refractivity contribution in [3.05, 3.63) is 39.0 Å². The van der Waals surface area contributed by atoms with Gasteiger partial charge in [-0.2, -0.15) is 8.78 Å². The number of benzene rings is 1. The lowest BCUT2D eigenvalue weighted by Crippen LogP contribution is -2.11. The number of ether oxygens (including phenoxy) is 2. The van der Waals surface area contributed by atoms with Crippen molar-refractivity contribution in [1.29, 1.82) is 0 Å². The van der Waals surface area contributed by atoms with Crippen LogP contribution in [0.3, 0.4) is 0 Å². The zero-order valence-electron chi connectivity index (χ0n) is 14.7. The Labute approximate surface area is 158 Å². The van der Waals surface area contributed by atoms with Crippen LogP contribution in [-0.2, 0) is 12.8 Å². The van der Waals surface area contributed by atoms with Gasteiger partial charge in [-0.1, -0.05) is 0 Å². The van der Waals surface area contributed by atoms with Crippen molar-refractivity contribution < 1.29 is 18.3 Å². The van der Waals surface area contributed by atoms with Gasteiger partial charge in [0.15, 0.2) is 11.5 Å². The number of hydrogen-bond acceptors (Lipinski definition) is 5. The molecule has 0 radical (unpaired) electrons. The van der Waals surface area contributed by atoms with Crippen molar-refractivity contribution in [1.82, 2.24) is 9.97 Å². The summed E-state index contributed by atoms with van der Waals surface area (Å²) in [5.41, 5.74) is 1.53. The molecule has 27 heavy (non-hydrogen) atoms. The van der Waals surface area contributed by atoms with E-state index in [4.69, 9.17) is 4.74 Å². The van der Waals surface area contributed by atoms with Crippen molar-refractivity contribution >= 4 is 21.6 Å². The quantitative estimate of drug-likeness (QED) is 0.693. The van der Waals surface area contributed by atoms with Gasteiger partial charge < -0.3 is 14.5 Å². The highest BCUT2D eigenvalue weighted by Gasteiger charge is 2.20. The lowest BCUT2D eigenvalue weighted by Gasteiger charge is -2.12. The highest BCUT2D eigenvalue weighted by molar-refractivity contribution is 7.18. The van der Waals surface area contributed by atoms with Crippen molar-refractivity contribution in [3.63, 3.8) is 0 Å². The molecule has 0 fully saturated rings. The normalized spacial score (nSPS) is 13.8. The molecule has 0 spiro atoms. The summed E-state index contributed by atoms with van der Waals surface area (Å²) in [6.45, 7) is -0.896. The highest BCUT2D eigenvalue weighted by atomic mass is 32.1. The van der Waals surface area contributed by atoms with Gasteiger partial charge in [0.1, 0.15) is 10.7 Å². The molecule has 1 aliphatic rings. The molecule has 8 heteroatoms. The number of nitrogens with zero attached hydrogens (tertiary/aromatic N) is 1. The van der Waals surface area contributed by atoms with E-state index in [1.807, 2.05) is 0 Å². The Morgan fingerprint density at radius 3 is 2.85 bits per heavy atom. The van der Waals surface area contributed by atoms with Gasteiger partial charge >= 0.3 is 6.61 Å². The Kier molecular flexibility index (Phi) is 4.82. The largest absolute Gasteiger partial charge is 0.490 e. The number of aryl methyl sites for hydroxylation is 2. The minimum atomic E-state index is -2.94. The first-order valence-electron chi connectivity index (χ1n) is 8.83. The number of alkyl halides is 2. The maximum absolute atomic E-state index is 12.7. The maximum Gasteiger partial charge on any atom is 0.387 e. The van der Waals surface area contributed by atoms with Crippen LogP contribution in [0, 0.1) is 0 Å². The molecule has 0 saturated carbocycles. The number of fused-ring (bicyclic) bond motifs is 3. The smallest absolute Gasteiger partial charge is 0.387 e. The number of halogens is 2. The van der Waals surface area contributed by atoms with Crippen molar-refractivity contribution in [3.8, 4) is 22.9 Å². The van der Waals surface area contributed by atoms with E-state index in [1.54, 1.807) is 30.4 Å². The van der Waals surface area contributed by atoms with Crippen LogP contribution >= 0.6 is 11.3 Å². The molecule has 0 unspecified atom stereocenters. The van der Waals surface area contributed by atoms with Crippen LogP contribution in [0.25, 0.3) is 21.6 Å². The zero-order valence-corrected chi connectivity index (χ0v) is 15.5. The molecule has 0 bridgehead atoms. The van der Waals surface area contributed by atoms with E-state index in [1.165, 1.54) is 10.9 Å². The first-order chi connectivity index (χ1) is 13.1. The number of rotatable bonds is 5. The Morgan fingerprint density at radius 1 is 1.26 bits per heavy atom. The van der Waals surface area contributed by atoms with Crippen molar-refractivity contribution in [2.75, 3.05) is 6.61 Å². The van der Waals surface area contributed by atoms with E-state index in [9.17, 15) is 13.6 Å². The molecule has 0 aliphatic heterocycles. The first kappa shape index (κ1) is 17.9. The van der Waals surface area contributed by atoms with Gasteiger partial charge in [-0.15, -0.1) is 11.3 Å². The van der Waals surface area contributed by atoms with Crippen LogP contribution in [0.1, 0.15) is 30.2 Å². The molecule has 0 atom stereocenters. The predicted octanol–water partition coefficient (Wildman–Crippen LogP) is 4.53. The van der Waals surface area contributed by atoms with Crippen molar-refractivity contribution in [2.24, 2.45) is 0 Å². The van der Waals surface area contributed by atoms with Crippen LogP contribution in [0.4, 0.5) is 8.78 Å². The number of hydrogen-bond donors (Lipinski definition) is 1. The van der Waals surface area contributed by atoms with Gasteiger partial charge in [-0.05, 0) is 56.4 Å². The average Bonchev–Trinajstić information content (AvgIpc) is 3.02. The topological polar surface area (TPSA) is 64.2 Å². The SMILES string of the molecule is CCOc1cc(-c2nc3sc4c(c3c(=O)[nH]2)CCCC4)ccc1OC(F)F. The standard InChI is InChI=1S/C19H18F2N2O3S/c1-2-25-13-9-10(7-8-12(13)26-19(20)21)16-22-17(24)15-11-5-3-4-6-14(11)27-18(15)23-16/h7-9,19H,2-6H2,1H3,(H,22,23,24). The molecular weight excluding hydrogens is 374 g/mol. The second kappa shape index (κ2) is 7.26. The molecule has 142 valence electrons. The summed E-state index contributed by atoms with van der Waals surface area (Å²) in [6.07, 6.45) is 4.12. The molecule has 1 N–H and O–H groups in total. The van der Waals surface area contributed by atoms with Gasteiger partial charge in [-0.3, -0.25) is 4.79 Å². The van der Waals surface area contributed by atoms with Gasteiger partial charge in [0.2, 0.25) is 0 Å². The van der Waals surface area contributed by atoms with Crippen LogP contribution < -0.4 is 15.0 Å². The molecule has 5 nitrogen and oxygen atoms in total. The third-order valence-corrected chi connectivity index (χ3v) is 5.74. The summed E-state index contributed by atoms with van der Waals surface area (Å²) < 4.78 is 35.0. The number of aromatic amines is 1. The van der Waals surface area contributed by atoms with E-state index in [0.29, 0.717) is 28.2 Å². The molecule has 1 aliphatic carbocycles. The number of H-pyrrole nitrogens is 1. The predicted molar refractivity (Wildman–Crippen MR) is 100 cm³/mol. The van der Waals surface area contributed by atoms with Crippen LogP contribution in [0.15, 0.2) is 23.0 Å². The van der Waals surface area contributed by atoms with Gasteiger partial charge in [0.05, 0.1) is 12.0 Å². The lowest BCUT2D eigenvalue weighted by molar-refractivity contribution is -0.0514. The fourth-order valence-corrected chi connectivity index (χ4v) is 4.68. The minimum absolute atomic E-state index is 0.0504. The fraction of sp³-hybridized carbons (Fsp3) is 0.368. The zero-order chi connectivity index (χ0) is 19.0. The Morgan fingerprint density at radius 2 is 2.07 bits per heavy atom. The van der Waals surface area contributed by atoms with Crippen LogP contribution in [0.2, 0.25) is 0 Å². The monoisotopic (exact) mass is 392 g/mol. The number of aromatic nitrogens is 2. The molecule has 2 heterocycles. The van der Waals surface area contributed by atoms with Crippen molar-refractivity contribution in [2.45, 2.75) is 39.2 Å². The molecule has 0 amide bonds. The number of nitrogens with one attached hydrogen (secondary N) is 1. The summed E-state index contributed by atoms with van der Waals surface area (Å²) in [7, 11) is 0. The third kappa shape index (κ3) is 3.41. The molecule has 4 rings (SSSR count). The van der Waals surface area contributed by atoms with E-state index in [0.717, 1.165) is 31.2 Å². The van der Waals surface area contributed by atoms with Crippen LogP contribution in [0.5, 0.6) is 11.5 Å². The van der Waals surface area contributed by atoms with E-state index >= 15 is 0 Å². The summed E-state index contributed by atoms with van der Waals surface area (Å²) >= 11 is 1.56.